The van der Waals surface area contributed by atoms with Gasteiger partial charge in [-0.25, -0.2) is 8.42 Å². The van der Waals surface area contributed by atoms with Crippen LogP contribution in [0.1, 0.15) is 6.92 Å². The number of carbonyl (C=O) groups is 1. The van der Waals surface area contributed by atoms with E-state index in [4.69, 9.17) is 9.47 Å². The van der Waals surface area contributed by atoms with Crippen LogP contribution in [-0.4, -0.2) is 41.8 Å². The number of esters is 1. The summed E-state index contributed by atoms with van der Waals surface area (Å²) in [6, 6.07) is 4.35. The molecule has 0 amide bonds. The maximum Gasteiger partial charge on any atom is 0.321 e. The highest BCUT2D eigenvalue weighted by Gasteiger charge is 2.21. The largest absolute Gasteiger partial charge is 0.497 e. The van der Waals surface area contributed by atoms with Gasteiger partial charge in [0.25, 0.3) is 0 Å². The van der Waals surface area contributed by atoms with Crippen molar-refractivity contribution in [3.63, 3.8) is 0 Å². The molecule has 0 unspecified atom stereocenters. The number of benzene rings is 1. The molecule has 0 aliphatic rings. The second-order valence-electron chi connectivity index (χ2n) is 3.65. The van der Waals surface area contributed by atoms with E-state index < -0.39 is 22.5 Å². The SMILES string of the molecule is CCOC(=O)CNS(=O)(=O)c1cc(OC)ccc1OC. The maximum absolute atomic E-state index is 12.1. The minimum Gasteiger partial charge on any atom is -0.497 e. The van der Waals surface area contributed by atoms with E-state index in [1.54, 1.807) is 13.0 Å². The van der Waals surface area contributed by atoms with Crippen LogP contribution >= 0.6 is 0 Å². The third-order valence-electron chi connectivity index (χ3n) is 2.37. The zero-order valence-electron chi connectivity index (χ0n) is 11.5. The van der Waals surface area contributed by atoms with Gasteiger partial charge in [0, 0.05) is 6.07 Å². The third-order valence-corrected chi connectivity index (χ3v) is 3.79. The van der Waals surface area contributed by atoms with E-state index in [9.17, 15) is 13.2 Å². The number of sulfonamides is 1. The summed E-state index contributed by atoms with van der Waals surface area (Å²) in [5, 5.41) is 0. The fraction of sp³-hybridized carbons (Fsp3) is 0.417. The van der Waals surface area contributed by atoms with Gasteiger partial charge < -0.3 is 14.2 Å². The predicted molar refractivity (Wildman–Crippen MR) is 71.4 cm³/mol. The molecular formula is C12H17NO6S. The molecule has 20 heavy (non-hydrogen) atoms. The monoisotopic (exact) mass is 303 g/mol. The number of methoxy groups -OCH3 is 2. The zero-order valence-corrected chi connectivity index (χ0v) is 12.3. The molecule has 0 spiro atoms. The van der Waals surface area contributed by atoms with Crippen molar-refractivity contribution in [2.45, 2.75) is 11.8 Å². The van der Waals surface area contributed by atoms with Crippen molar-refractivity contribution in [1.29, 1.82) is 0 Å². The van der Waals surface area contributed by atoms with Crippen molar-refractivity contribution in [3.05, 3.63) is 18.2 Å². The Hall–Kier alpha value is -1.80. The fourth-order valence-corrected chi connectivity index (χ4v) is 2.59. The van der Waals surface area contributed by atoms with Crippen molar-refractivity contribution in [3.8, 4) is 11.5 Å². The van der Waals surface area contributed by atoms with Gasteiger partial charge in [-0.15, -0.1) is 0 Å². The summed E-state index contributed by atoms with van der Waals surface area (Å²) in [4.78, 5) is 11.1. The predicted octanol–water partition coefficient (Wildman–Crippen LogP) is 0.545. The maximum atomic E-state index is 12.1. The van der Waals surface area contributed by atoms with Crippen LogP contribution in [0.15, 0.2) is 23.1 Å². The van der Waals surface area contributed by atoms with Gasteiger partial charge in [0.2, 0.25) is 10.0 Å². The van der Waals surface area contributed by atoms with Crippen LogP contribution < -0.4 is 14.2 Å². The van der Waals surface area contributed by atoms with Gasteiger partial charge in [-0.3, -0.25) is 4.79 Å². The molecule has 0 aliphatic heterocycles. The molecule has 0 saturated heterocycles. The van der Waals surface area contributed by atoms with Crippen LogP contribution in [0.4, 0.5) is 0 Å². The summed E-state index contributed by atoms with van der Waals surface area (Å²) in [5.41, 5.74) is 0. The second kappa shape index (κ2) is 7.11. The molecule has 0 aliphatic carbocycles. The van der Waals surface area contributed by atoms with Gasteiger partial charge in [0.05, 0.1) is 20.8 Å². The number of carbonyl (C=O) groups excluding carboxylic acids is 1. The Balaban J connectivity index is 2.99. The number of hydrogen-bond acceptors (Lipinski definition) is 6. The summed E-state index contributed by atoms with van der Waals surface area (Å²) in [6.45, 7) is 1.37. The molecule has 1 aromatic rings. The number of nitrogens with one attached hydrogen (secondary N) is 1. The fourth-order valence-electron chi connectivity index (χ4n) is 1.44. The van der Waals surface area contributed by atoms with E-state index in [-0.39, 0.29) is 17.3 Å². The first-order valence-corrected chi connectivity index (χ1v) is 7.30. The topological polar surface area (TPSA) is 90.9 Å². The quantitative estimate of drug-likeness (QED) is 0.740. The lowest BCUT2D eigenvalue weighted by Gasteiger charge is -2.11. The molecular weight excluding hydrogens is 286 g/mol. The Morgan fingerprint density at radius 3 is 2.50 bits per heavy atom. The van der Waals surface area contributed by atoms with Crippen LogP contribution in [0.3, 0.4) is 0 Å². The average molecular weight is 303 g/mol. The molecule has 0 atom stereocenters. The van der Waals surface area contributed by atoms with Gasteiger partial charge in [0.1, 0.15) is 22.9 Å². The van der Waals surface area contributed by atoms with E-state index in [1.807, 2.05) is 0 Å². The van der Waals surface area contributed by atoms with Gasteiger partial charge in [-0.1, -0.05) is 0 Å². The minimum absolute atomic E-state index is 0.108. The van der Waals surface area contributed by atoms with E-state index in [0.717, 1.165) is 0 Å². The standard InChI is InChI=1S/C12H17NO6S/c1-4-19-12(14)8-13-20(15,16)11-7-9(17-2)5-6-10(11)18-3/h5-7,13H,4,8H2,1-3H3. The van der Waals surface area contributed by atoms with Gasteiger partial charge in [0.15, 0.2) is 0 Å². The molecule has 112 valence electrons. The third kappa shape index (κ3) is 4.10. The lowest BCUT2D eigenvalue weighted by atomic mass is 10.3. The highest BCUT2D eigenvalue weighted by molar-refractivity contribution is 7.89. The summed E-state index contributed by atoms with van der Waals surface area (Å²) in [5.74, 6) is -0.137. The van der Waals surface area contributed by atoms with E-state index in [0.29, 0.717) is 5.75 Å². The number of ether oxygens (including phenoxy) is 3. The molecule has 1 rings (SSSR count). The first-order valence-electron chi connectivity index (χ1n) is 5.82. The Labute approximate surface area is 117 Å². The second-order valence-corrected chi connectivity index (χ2v) is 5.38. The lowest BCUT2D eigenvalue weighted by Crippen LogP contribution is -2.31. The molecule has 0 aromatic heterocycles. The van der Waals surface area contributed by atoms with Crippen LogP contribution in [0, 0.1) is 0 Å². The van der Waals surface area contributed by atoms with Crippen molar-refractivity contribution in [2.75, 3.05) is 27.4 Å². The Kier molecular flexibility index (Phi) is 5.78. The molecule has 0 bridgehead atoms. The molecule has 0 radical (unpaired) electrons. The summed E-state index contributed by atoms with van der Waals surface area (Å²) in [7, 11) is -1.13. The lowest BCUT2D eigenvalue weighted by molar-refractivity contribution is -0.141. The highest BCUT2D eigenvalue weighted by Crippen LogP contribution is 2.27. The average Bonchev–Trinajstić information content (AvgIpc) is 2.45. The minimum atomic E-state index is -3.90. The van der Waals surface area contributed by atoms with Crippen molar-refractivity contribution in [1.82, 2.24) is 4.72 Å². The Morgan fingerprint density at radius 2 is 1.95 bits per heavy atom. The number of hydrogen-bond donors (Lipinski definition) is 1. The normalized spacial score (nSPS) is 10.9. The smallest absolute Gasteiger partial charge is 0.321 e. The van der Waals surface area contributed by atoms with E-state index in [1.165, 1.54) is 26.4 Å². The molecule has 0 saturated carbocycles. The Morgan fingerprint density at radius 1 is 1.25 bits per heavy atom. The van der Waals surface area contributed by atoms with Crippen LogP contribution in [0.5, 0.6) is 11.5 Å². The van der Waals surface area contributed by atoms with Gasteiger partial charge in [-0.2, -0.15) is 4.72 Å². The molecule has 8 heteroatoms. The van der Waals surface area contributed by atoms with Crippen LogP contribution in [0.2, 0.25) is 0 Å². The van der Waals surface area contributed by atoms with Crippen molar-refractivity contribution >= 4 is 16.0 Å². The summed E-state index contributed by atoms with van der Waals surface area (Å²) < 4.78 is 41.0. The van der Waals surface area contributed by atoms with Gasteiger partial charge in [-0.05, 0) is 19.1 Å². The first-order chi connectivity index (χ1) is 9.44. The van der Waals surface area contributed by atoms with Crippen molar-refractivity contribution in [2.24, 2.45) is 0 Å². The number of rotatable bonds is 7. The van der Waals surface area contributed by atoms with Crippen LogP contribution in [-0.2, 0) is 19.6 Å². The molecule has 1 N–H and O–H groups in total. The Bertz CT molecular complexity index is 569. The van der Waals surface area contributed by atoms with Gasteiger partial charge >= 0.3 is 5.97 Å². The van der Waals surface area contributed by atoms with E-state index >= 15 is 0 Å². The summed E-state index contributed by atoms with van der Waals surface area (Å²) in [6.07, 6.45) is 0. The molecule has 1 aromatic carbocycles. The zero-order chi connectivity index (χ0) is 15.2. The molecule has 0 heterocycles. The molecule has 7 nitrogen and oxygen atoms in total. The highest BCUT2D eigenvalue weighted by atomic mass is 32.2. The first kappa shape index (κ1) is 16.3. The molecule has 0 fully saturated rings. The van der Waals surface area contributed by atoms with E-state index in [2.05, 4.69) is 9.46 Å². The van der Waals surface area contributed by atoms with Crippen molar-refractivity contribution < 1.29 is 27.4 Å². The van der Waals surface area contributed by atoms with Crippen LogP contribution in [0.25, 0.3) is 0 Å². The summed E-state index contributed by atoms with van der Waals surface area (Å²) >= 11 is 0.